The van der Waals surface area contributed by atoms with Gasteiger partial charge in [-0.3, -0.25) is 9.89 Å². The zero-order valence-corrected chi connectivity index (χ0v) is 21.5. The van der Waals surface area contributed by atoms with Gasteiger partial charge in [0.1, 0.15) is 0 Å². The smallest absolute Gasteiger partial charge is 0.191 e. The molecule has 2 fully saturated rings. The van der Waals surface area contributed by atoms with E-state index in [0.717, 1.165) is 25.1 Å². The van der Waals surface area contributed by atoms with E-state index >= 15 is 0 Å². The van der Waals surface area contributed by atoms with Crippen molar-refractivity contribution in [3.8, 4) is 0 Å². The lowest BCUT2D eigenvalue weighted by molar-refractivity contribution is 0.107. The number of guanidine groups is 1. The lowest BCUT2D eigenvalue weighted by atomic mass is 10.1. The van der Waals surface area contributed by atoms with Gasteiger partial charge in [-0.05, 0) is 36.0 Å². The Bertz CT molecular complexity index is 821. The van der Waals surface area contributed by atoms with E-state index in [2.05, 4.69) is 56.9 Å². The van der Waals surface area contributed by atoms with Gasteiger partial charge in [0.2, 0.25) is 0 Å². The molecule has 1 saturated heterocycles. The number of rotatable bonds is 8. The summed E-state index contributed by atoms with van der Waals surface area (Å²) < 4.78 is 5.83. The van der Waals surface area contributed by atoms with Gasteiger partial charge < -0.3 is 15.4 Å². The molecule has 0 bridgehead atoms. The molecule has 2 aromatic rings. The average Bonchev–Trinajstić information content (AvgIpc) is 3.50. The number of nitrogens with zero attached hydrogens (tertiary/aromatic N) is 2. The molecule has 0 aromatic heterocycles. The Morgan fingerprint density at radius 2 is 1.59 bits per heavy atom. The fraction of sp³-hybridized carbons (Fsp3) is 0.500. The second-order valence-corrected chi connectivity index (χ2v) is 8.78. The molecule has 1 unspecified atom stereocenters. The molecule has 1 saturated carbocycles. The summed E-state index contributed by atoms with van der Waals surface area (Å²) in [5, 5.41) is 7.09. The van der Waals surface area contributed by atoms with E-state index < -0.39 is 0 Å². The zero-order chi connectivity index (χ0) is 21.3. The lowest BCUT2D eigenvalue weighted by Crippen LogP contribution is -2.45. The second-order valence-electron chi connectivity index (χ2n) is 8.78. The highest BCUT2D eigenvalue weighted by molar-refractivity contribution is 14.0. The molecule has 1 aliphatic carbocycles. The Balaban J connectivity index is 0.00000289. The van der Waals surface area contributed by atoms with Crippen LogP contribution in [0.5, 0.6) is 0 Å². The van der Waals surface area contributed by atoms with Crippen LogP contribution < -0.4 is 10.6 Å². The maximum Gasteiger partial charge on any atom is 0.191 e. The number of aliphatic imine (C=N–C) groups is 1. The van der Waals surface area contributed by atoms with Gasteiger partial charge in [-0.1, -0.05) is 67.4 Å². The first-order chi connectivity index (χ1) is 15.3. The van der Waals surface area contributed by atoms with Crippen molar-refractivity contribution in [2.24, 2.45) is 4.99 Å². The molecule has 5 nitrogen and oxygen atoms in total. The minimum atomic E-state index is 0. The molecule has 4 rings (SSSR count). The van der Waals surface area contributed by atoms with Crippen molar-refractivity contribution in [1.29, 1.82) is 0 Å². The number of hydrogen-bond donors (Lipinski definition) is 2. The Morgan fingerprint density at radius 1 is 0.938 bits per heavy atom. The van der Waals surface area contributed by atoms with Gasteiger partial charge in [-0.25, -0.2) is 0 Å². The maximum absolute atomic E-state index is 5.83. The molecule has 0 spiro atoms. The van der Waals surface area contributed by atoms with Crippen molar-refractivity contribution in [3.63, 3.8) is 0 Å². The van der Waals surface area contributed by atoms with Gasteiger partial charge in [0, 0.05) is 38.8 Å². The Labute approximate surface area is 210 Å². The minimum Gasteiger partial charge on any atom is -0.372 e. The van der Waals surface area contributed by atoms with Crippen LogP contribution in [0.4, 0.5) is 0 Å². The number of hydrogen-bond acceptors (Lipinski definition) is 3. The van der Waals surface area contributed by atoms with Crippen LogP contribution in [0.25, 0.3) is 0 Å². The van der Waals surface area contributed by atoms with Crippen LogP contribution in [0.1, 0.15) is 48.8 Å². The van der Waals surface area contributed by atoms with Crippen LogP contribution in [0.3, 0.4) is 0 Å². The summed E-state index contributed by atoms with van der Waals surface area (Å²) in [4.78, 5) is 7.11. The van der Waals surface area contributed by atoms with E-state index in [1.165, 1.54) is 55.3 Å². The maximum atomic E-state index is 5.83. The molecule has 2 N–H and O–H groups in total. The first-order valence-corrected chi connectivity index (χ1v) is 11.7. The molecular weight excluding hydrogens is 511 g/mol. The summed E-state index contributed by atoms with van der Waals surface area (Å²) in [6.07, 6.45) is 6.77. The van der Waals surface area contributed by atoms with Crippen molar-refractivity contribution in [2.45, 2.75) is 63.9 Å². The highest BCUT2D eigenvalue weighted by atomic mass is 127. The summed E-state index contributed by atoms with van der Waals surface area (Å²) in [6, 6.07) is 20.2. The van der Waals surface area contributed by atoms with Crippen LogP contribution in [0.2, 0.25) is 0 Å². The predicted octanol–water partition coefficient (Wildman–Crippen LogP) is 4.70. The minimum absolute atomic E-state index is 0. The summed E-state index contributed by atoms with van der Waals surface area (Å²) in [7, 11) is 1.85. The number of nitrogens with one attached hydrogen (secondary N) is 2. The van der Waals surface area contributed by atoms with Crippen molar-refractivity contribution in [1.82, 2.24) is 15.5 Å². The molecule has 2 aliphatic rings. The molecule has 1 aliphatic heterocycles. The van der Waals surface area contributed by atoms with E-state index in [1.54, 1.807) is 0 Å². The molecule has 2 aromatic carbocycles. The third kappa shape index (κ3) is 7.46. The molecule has 174 valence electrons. The molecule has 1 atom stereocenters. The van der Waals surface area contributed by atoms with E-state index in [4.69, 9.17) is 4.74 Å². The van der Waals surface area contributed by atoms with E-state index in [1.807, 2.05) is 25.2 Å². The van der Waals surface area contributed by atoms with Crippen LogP contribution in [-0.2, 0) is 24.5 Å². The number of benzene rings is 2. The zero-order valence-electron chi connectivity index (χ0n) is 19.1. The topological polar surface area (TPSA) is 48.9 Å². The highest BCUT2D eigenvalue weighted by Gasteiger charge is 2.30. The molecule has 6 heteroatoms. The van der Waals surface area contributed by atoms with Crippen molar-refractivity contribution in [3.05, 3.63) is 71.3 Å². The van der Waals surface area contributed by atoms with E-state index in [0.29, 0.717) is 19.3 Å². The summed E-state index contributed by atoms with van der Waals surface area (Å²) in [5.74, 6) is 0.897. The monoisotopic (exact) mass is 548 g/mol. The van der Waals surface area contributed by atoms with Crippen LogP contribution in [0, 0.1) is 0 Å². The molecule has 0 amide bonds. The summed E-state index contributed by atoms with van der Waals surface area (Å²) >= 11 is 0. The van der Waals surface area contributed by atoms with Gasteiger partial charge in [-0.15, -0.1) is 24.0 Å². The van der Waals surface area contributed by atoms with Gasteiger partial charge in [-0.2, -0.15) is 0 Å². The van der Waals surface area contributed by atoms with Crippen molar-refractivity contribution >= 4 is 29.9 Å². The summed E-state index contributed by atoms with van der Waals surface area (Å²) in [5.41, 5.74) is 3.64. The second kappa shape index (κ2) is 13.2. The van der Waals surface area contributed by atoms with Gasteiger partial charge in [0.15, 0.2) is 5.96 Å². The largest absolute Gasteiger partial charge is 0.372 e. The number of ether oxygens (including phenoxy) is 1. The van der Waals surface area contributed by atoms with Crippen LogP contribution >= 0.6 is 24.0 Å². The fourth-order valence-corrected chi connectivity index (χ4v) is 4.69. The SMILES string of the molecule is CN=C(NCc1ccc(COCc2ccccc2)cc1)NC1CCN(C2CCCC2)C1.I. The molecular formula is C26H37IN4O. The highest BCUT2D eigenvalue weighted by Crippen LogP contribution is 2.26. The van der Waals surface area contributed by atoms with Gasteiger partial charge in [0.05, 0.1) is 13.2 Å². The van der Waals surface area contributed by atoms with Gasteiger partial charge >= 0.3 is 0 Å². The van der Waals surface area contributed by atoms with Gasteiger partial charge in [0.25, 0.3) is 0 Å². The average molecular weight is 549 g/mol. The van der Waals surface area contributed by atoms with Crippen LogP contribution in [0.15, 0.2) is 59.6 Å². The quantitative estimate of drug-likeness (QED) is 0.285. The Hall–Kier alpha value is -1.64. The first kappa shape index (κ1) is 25.0. The third-order valence-electron chi connectivity index (χ3n) is 6.49. The van der Waals surface area contributed by atoms with Crippen molar-refractivity contribution in [2.75, 3.05) is 20.1 Å². The first-order valence-electron chi connectivity index (χ1n) is 11.7. The van der Waals surface area contributed by atoms with Crippen LogP contribution in [-0.4, -0.2) is 43.1 Å². The fourth-order valence-electron chi connectivity index (χ4n) is 4.69. The Kier molecular flexibility index (Phi) is 10.3. The molecule has 1 heterocycles. The normalized spacial score (nSPS) is 19.7. The van der Waals surface area contributed by atoms with Crippen molar-refractivity contribution < 1.29 is 4.74 Å². The predicted molar refractivity (Wildman–Crippen MR) is 142 cm³/mol. The van der Waals surface area contributed by atoms with E-state index in [9.17, 15) is 0 Å². The molecule has 0 radical (unpaired) electrons. The third-order valence-corrected chi connectivity index (χ3v) is 6.49. The number of likely N-dealkylation sites (tertiary alicyclic amines) is 1. The number of halogens is 1. The van der Waals surface area contributed by atoms with E-state index in [-0.39, 0.29) is 24.0 Å². The Morgan fingerprint density at radius 3 is 2.28 bits per heavy atom. The standard InChI is InChI=1S/C26H36N4O.HI/c1-27-26(29-24-15-16-30(18-24)25-9-5-6-10-25)28-17-21-11-13-23(14-12-21)20-31-19-22-7-3-2-4-8-22;/h2-4,7-8,11-14,24-25H,5-6,9-10,15-20H2,1H3,(H2,27,28,29);1H. The summed E-state index contributed by atoms with van der Waals surface area (Å²) in [6.45, 7) is 4.40. The lowest BCUT2D eigenvalue weighted by Gasteiger charge is -2.24. The molecule has 32 heavy (non-hydrogen) atoms.